The molecule has 0 bridgehead atoms. The number of rotatable bonds is 3. The third-order valence-corrected chi connectivity index (χ3v) is 4.64. The van der Waals surface area contributed by atoms with Crippen LogP contribution in [0, 0.1) is 4.77 Å². The first-order valence-corrected chi connectivity index (χ1v) is 9.71. The molecule has 1 heterocycles. The minimum atomic E-state index is -0.308. The quantitative estimate of drug-likeness (QED) is 0.563. The van der Waals surface area contributed by atoms with Gasteiger partial charge < -0.3 is 4.98 Å². The highest BCUT2D eigenvalue weighted by molar-refractivity contribution is 7.71. The second-order valence-electron chi connectivity index (χ2n) is 6.68. The fourth-order valence-electron chi connectivity index (χ4n) is 3.10. The van der Waals surface area contributed by atoms with E-state index in [1.54, 1.807) is 0 Å². The molecule has 3 N–H and O–H groups in total. The average Bonchev–Trinajstić information content (AvgIpc) is 2.53. The molecule has 2 rings (SSSR count). The van der Waals surface area contributed by atoms with Gasteiger partial charge in [0.15, 0.2) is 4.77 Å². The summed E-state index contributed by atoms with van der Waals surface area (Å²) in [6.45, 7) is 0. The first-order chi connectivity index (χ1) is 12.1. The third kappa shape index (κ3) is 8.25. The van der Waals surface area contributed by atoms with Gasteiger partial charge in [-0.2, -0.15) is 5.10 Å². The first-order valence-electron chi connectivity index (χ1n) is 9.30. The summed E-state index contributed by atoms with van der Waals surface area (Å²) in [7, 11) is 0. The lowest BCUT2D eigenvalue weighted by molar-refractivity contribution is -0.120. The summed E-state index contributed by atoms with van der Waals surface area (Å²) < 4.78 is 0.223. The van der Waals surface area contributed by atoms with Gasteiger partial charge in [0.1, 0.15) is 0 Å². The molecule has 25 heavy (non-hydrogen) atoms. The molecule has 1 fully saturated rings. The fourth-order valence-corrected chi connectivity index (χ4v) is 3.33. The molecule has 0 radical (unpaired) electrons. The molecule has 0 aromatic carbocycles. The Hall–Kier alpha value is -1.76. The van der Waals surface area contributed by atoms with Crippen LogP contribution in [-0.4, -0.2) is 21.6 Å². The van der Waals surface area contributed by atoms with E-state index in [2.05, 4.69) is 20.5 Å². The lowest BCUT2D eigenvalue weighted by Gasteiger charge is -2.09. The minimum Gasteiger partial charge on any atom is -0.335 e. The van der Waals surface area contributed by atoms with E-state index in [-0.39, 0.29) is 22.7 Å². The number of amides is 1. The molecule has 1 amide bonds. The summed E-state index contributed by atoms with van der Waals surface area (Å²) in [5.41, 5.74) is 3.89. The molecule has 1 aliphatic carbocycles. The fraction of sp³-hybridized carbons (Fsp3) is 0.667. The number of nitrogens with zero attached hydrogens (tertiary/aromatic N) is 1. The van der Waals surface area contributed by atoms with Crippen LogP contribution in [0.2, 0.25) is 0 Å². The van der Waals surface area contributed by atoms with Gasteiger partial charge in [-0.05, 0) is 37.9 Å². The van der Waals surface area contributed by atoms with Crippen molar-refractivity contribution in [1.82, 2.24) is 15.4 Å². The van der Waals surface area contributed by atoms with Gasteiger partial charge in [-0.3, -0.25) is 14.6 Å². The molecule has 138 valence electrons. The Balaban J connectivity index is 1.88. The van der Waals surface area contributed by atoms with Gasteiger partial charge in [-0.25, -0.2) is 5.43 Å². The average molecular weight is 365 g/mol. The smallest absolute Gasteiger partial charge is 0.251 e. The predicted octanol–water partition coefficient (Wildman–Crippen LogP) is 3.75. The molecular weight excluding hydrogens is 336 g/mol. The van der Waals surface area contributed by atoms with Crippen molar-refractivity contribution >= 4 is 23.8 Å². The summed E-state index contributed by atoms with van der Waals surface area (Å²) in [6.07, 6.45) is 13.3. The van der Waals surface area contributed by atoms with Crippen LogP contribution >= 0.6 is 12.2 Å². The van der Waals surface area contributed by atoms with Crippen LogP contribution in [0.15, 0.2) is 16.0 Å². The van der Waals surface area contributed by atoms with Crippen molar-refractivity contribution in [2.75, 3.05) is 0 Å². The number of nitrogens with one attached hydrogen (secondary N) is 3. The molecule has 1 aromatic rings. The molecule has 0 unspecified atom stereocenters. The Morgan fingerprint density at radius 1 is 1.00 bits per heavy atom. The molecule has 0 atom stereocenters. The van der Waals surface area contributed by atoms with E-state index in [4.69, 9.17) is 12.2 Å². The van der Waals surface area contributed by atoms with Crippen molar-refractivity contribution in [1.29, 1.82) is 0 Å². The summed E-state index contributed by atoms with van der Waals surface area (Å²) in [5.74, 6) is -0.241. The summed E-state index contributed by atoms with van der Waals surface area (Å²) in [6, 6.07) is 1.35. The maximum atomic E-state index is 12.1. The number of aromatic amines is 2. The molecule has 0 aliphatic heterocycles. The maximum absolute atomic E-state index is 12.1. The van der Waals surface area contributed by atoms with Crippen LogP contribution < -0.4 is 11.0 Å². The number of carbonyl (C=O) groups is 1. The molecule has 1 aromatic heterocycles. The zero-order chi connectivity index (χ0) is 17.9. The van der Waals surface area contributed by atoms with E-state index < -0.39 is 0 Å². The number of hydrazone groups is 1. The van der Waals surface area contributed by atoms with Crippen molar-refractivity contribution in [2.45, 2.75) is 77.0 Å². The number of hydrogen-bond acceptors (Lipinski definition) is 4. The first kappa shape index (κ1) is 19.6. The largest absolute Gasteiger partial charge is 0.335 e. The minimum absolute atomic E-state index is 0.0599. The summed E-state index contributed by atoms with van der Waals surface area (Å²) in [5, 5.41) is 4.34. The van der Waals surface area contributed by atoms with Gasteiger partial charge in [0.25, 0.3) is 5.56 Å². The number of H-pyrrole nitrogens is 2. The molecular formula is C18H28N4O2S. The highest BCUT2D eigenvalue weighted by Crippen LogP contribution is 2.15. The Morgan fingerprint density at radius 2 is 1.56 bits per heavy atom. The highest BCUT2D eigenvalue weighted by atomic mass is 32.1. The third-order valence-electron chi connectivity index (χ3n) is 4.44. The van der Waals surface area contributed by atoms with Gasteiger partial charge in [0, 0.05) is 17.5 Å². The monoisotopic (exact) mass is 364 g/mol. The Labute approximate surface area is 153 Å². The standard InChI is InChI=1S/C18H28N4O2S/c23-16-12-15(19-18(25)20-16)13-17(24)22-21-14-10-8-6-4-2-1-3-5-7-9-11-14/h12H,1-11,13H2,(H,22,24)(H2,19,20,23,25). The lowest BCUT2D eigenvalue weighted by Crippen LogP contribution is -2.23. The normalized spacial score (nSPS) is 17.2. The van der Waals surface area contributed by atoms with E-state index in [0.29, 0.717) is 5.69 Å². The van der Waals surface area contributed by atoms with Crippen molar-refractivity contribution in [3.63, 3.8) is 0 Å². The van der Waals surface area contributed by atoms with Crippen LogP contribution in [0.3, 0.4) is 0 Å². The molecule has 1 saturated carbocycles. The van der Waals surface area contributed by atoms with Crippen molar-refractivity contribution in [3.05, 3.63) is 26.9 Å². The van der Waals surface area contributed by atoms with Crippen molar-refractivity contribution in [2.24, 2.45) is 5.10 Å². The molecule has 1 aliphatic rings. The lowest BCUT2D eigenvalue weighted by atomic mass is 10.00. The van der Waals surface area contributed by atoms with Gasteiger partial charge in [-0.1, -0.05) is 44.9 Å². The maximum Gasteiger partial charge on any atom is 0.251 e. The highest BCUT2D eigenvalue weighted by Gasteiger charge is 2.07. The summed E-state index contributed by atoms with van der Waals surface area (Å²) in [4.78, 5) is 28.7. The number of aromatic nitrogens is 2. The molecule has 0 spiro atoms. The van der Waals surface area contributed by atoms with Gasteiger partial charge in [-0.15, -0.1) is 0 Å². The summed E-state index contributed by atoms with van der Waals surface area (Å²) >= 11 is 4.91. The van der Waals surface area contributed by atoms with E-state index in [1.807, 2.05) is 0 Å². The van der Waals surface area contributed by atoms with Gasteiger partial charge >= 0.3 is 0 Å². The zero-order valence-electron chi connectivity index (χ0n) is 14.7. The van der Waals surface area contributed by atoms with Gasteiger partial charge in [0.2, 0.25) is 5.91 Å². The second-order valence-corrected chi connectivity index (χ2v) is 7.09. The predicted molar refractivity (Wildman–Crippen MR) is 102 cm³/mol. The topological polar surface area (TPSA) is 90.1 Å². The number of hydrogen-bond donors (Lipinski definition) is 3. The van der Waals surface area contributed by atoms with Gasteiger partial charge in [0.05, 0.1) is 6.42 Å². The van der Waals surface area contributed by atoms with Crippen LogP contribution in [0.25, 0.3) is 0 Å². The number of carbonyl (C=O) groups excluding carboxylic acids is 1. The van der Waals surface area contributed by atoms with E-state index in [0.717, 1.165) is 31.4 Å². The van der Waals surface area contributed by atoms with Crippen LogP contribution in [-0.2, 0) is 11.2 Å². The second kappa shape index (κ2) is 11.0. The molecule has 7 heteroatoms. The SMILES string of the molecule is O=C(Cc1cc(=O)[nH]c(=S)[nH]1)NN=C1CCCCCCCCCCC1. The zero-order valence-corrected chi connectivity index (χ0v) is 15.6. The molecule has 0 saturated heterocycles. The van der Waals surface area contributed by atoms with Crippen LogP contribution in [0.5, 0.6) is 0 Å². The van der Waals surface area contributed by atoms with Crippen LogP contribution in [0.4, 0.5) is 0 Å². The Bertz CT molecular complexity index is 651. The van der Waals surface area contributed by atoms with E-state index in [1.165, 1.54) is 51.0 Å². The van der Waals surface area contributed by atoms with Crippen molar-refractivity contribution < 1.29 is 4.79 Å². The van der Waals surface area contributed by atoms with Crippen LogP contribution in [0.1, 0.15) is 76.3 Å². The van der Waals surface area contributed by atoms with Crippen molar-refractivity contribution in [3.8, 4) is 0 Å². The molecule has 6 nitrogen and oxygen atoms in total. The van der Waals surface area contributed by atoms with E-state index in [9.17, 15) is 9.59 Å². The van der Waals surface area contributed by atoms with E-state index >= 15 is 0 Å². The Kier molecular flexibility index (Phi) is 8.59. The Morgan fingerprint density at radius 3 is 2.12 bits per heavy atom.